The lowest BCUT2D eigenvalue weighted by molar-refractivity contribution is -0.384. The van der Waals surface area contributed by atoms with Crippen molar-refractivity contribution in [3.05, 3.63) is 39.9 Å². The smallest absolute Gasteiger partial charge is 0.319 e. The molecular weight excluding hydrogens is 264 g/mol. The van der Waals surface area contributed by atoms with E-state index in [4.69, 9.17) is 4.74 Å². The van der Waals surface area contributed by atoms with E-state index in [9.17, 15) is 19.7 Å². The van der Waals surface area contributed by atoms with Gasteiger partial charge in [0.1, 0.15) is 0 Å². The first kappa shape index (κ1) is 15.8. The molecule has 1 aromatic carbocycles. The molecule has 7 nitrogen and oxygen atoms in total. The van der Waals surface area contributed by atoms with Crippen LogP contribution in [-0.4, -0.2) is 36.4 Å². The summed E-state index contributed by atoms with van der Waals surface area (Å²) in [5, 5.41) is 13.3. The van der Waals surface area contributed by atoms with Crippen LogP contribution in [0.1, 0.15) is 23.7 Å². The van der Waals surface area contributed by atoms with E-state index < -0.39 is 4.92 Å². The van der Waals surface area contributed by atoms with E-state index in [2.05, 4.69) is 5.32 Å². The van der Waals surface area contributed by atoms with Crippen LogP contribution in [0.25, 0.3) is 0 Å². The summed E-state index contributed by atoms with van der Waals surface area (Å²) in [6, 6.07) is 5.43. The number of carbonyl (C=O) groups is 2. The summed E-state index contributed by atoms with van der Waals surface area (Å²) in [7, 11) is 0. The molecule has 0 bridgehead atoms. The molecule has 1 rings (SSSR count). The van der Waals surface area contributed by atoms with Crippen LogP contribution in [0.3, 0.4) is 0 Å². The fourth-order valence-electron chi connectivity index (χ4n) is 1.52. The highest BCUT2D eigenvalue weighted by atomic mass is 16.6. The van der Waals surface area contributed by atoms with Crippen LogP contribution in [0.4, 0.5) is 5.69 Å². The van der Waals surface area contributed by atoms with Crippen molar-refractivity contribution in [2.24, 2.45) is 0 Å². The highest BCUT2D eigenvalue weighted by Crippen LogP contribution is 2.12. The zero-order chi connectivity index (χ0) is 15.0. The minimum atomic E-state index is -0.519. The second kappa shape index (κ2) is 8.00. The van der Waals surface area contributed by atoms with Crippen molar-refractivity contribution in [1.29, 1.82) is 0 Å². The summed E-state index contributed by atoms with van der Waals surface area (Å²) in [5.74, 6) is -0.508. The van der Waals surface area contributed by atoms with Gasteiger partial charge in [-0.3, -0.25) is 19.7 Å². The fraction of sp³-hybridized carbons (Fsp3) is 0.385. The van der Waals surface area contributed by atoms with E-state index in [0.29, 0.717) is 18.7 Å². The summed E-state index contributed by atoms with van der Waals surface area (Å²) in [5.41, 5.74) is 0.357. The lowest BCUT2D eigenvalue weighted by Crippen LogP contribution is -2.26. The Balaban J connectivity index is 2.36. The zero-order valence-corrected chi connectivity index (χ0v) is 11.1. The topological polar surface area (TPSA) is 98.5 Å². The molecule has 0 saturated heterocycles. The number of non-ortho nitro benzene ring substituents is 1. The second-order valence-electron chi connectivity index (χ2n) is 3.96. The van der Waals surface area contributed by atoms with Gasteiger partial charge in [0.15, 0.2) is 5.78 Å². The van der Waals surface area contributed by atoms with Crippen LogP contribution in [0.5, 0.6) is 0 Å². The Morgan fingerprint density at radius 3 is 2.50 bits per heavy atom. The normalized spacial score (nSPS) is 10.1. The first-order valence-corrected chi connectivity index (χ1v) is 6.18. The Labute approximate surface area is 116 Å². The molecule has 1 aromatic rings. The van der Waals surface area contributed by atoms with Crippen molar-refractivity contribution in [2.75, 3.05) is 19.7 Å². The molecular formula is C13H16N2O5. The Kier molecular flexibility index (Phi) is 6.31. The molecule has 0 atom stereocenters. The number of nitrogens with zero attached hydrogens (tertiary/aromatic N) is 1. The Morgan fingerprint density at radius 2 is 1.95 bits per heavy atom. The van der Waals surface area contributed by atoms with Crippen LogP contribution < -0.4 is 5.32 Å². The molecule has 7 heteroatoms. The quantitative estimate of drug-likeness (QED) is 0.253. The molecule has 0 radical (unpaired) electrons. The average Bonchev–Trinajstić information content (AvgIpc) is 2.43. The van der Waals surface area contributed by atoms with Gasteiger partial charge in [-0.1, -0.05) is 0 Å². The number of nitrogens with one attached hydrogen (secondary N) is 1. The standard InChI is InChI=1S/C13H16N2O5/c1-2-20-13(17)9-14-8-7-12(16)10-3-5-11(6-4-10)15(18)19/h3-6,14H,2,7-9H2,1H3. The van der Waals surface area contributed by atoms with Gasteiger partial charge in [-0.15, -0.1) is 0 Å². The maximum Gasteiger partial charge on any atom is 0.319 e. The minimum Gasteiger partial charge on any atom is -0.465 e. The minimum absolute atomic E-state index is 0.0537. The van der Waals surface area contributed by atoms with Gasteiger partial charge in [0, 0.05) is 30.7 Å². The number of Topliss-reactive ketones (excluding diaryl/α,β-unsaturated/α-hetero) is 1. The van der Waals surface area contributed by atoms with Crippen LogP contribution in [-0.2, 0) is 9.53 Å². The molecule has 0 fully saturated rings. The number of hydrogen-bond donors (Lipinski definition) is 1. The number of rotatable bonds is 8. The van der Waals surface area contributed by atoms with E-state index >= 15 is 0 Å². The number of carbonyl (C=O) groups excluding carboxylic acids is 2. The molecule has 0 spiro atoms. The van der Waals surface area contributed by atoms with Crippen LogP contribution in [0.15, 0.2) is 24.3 Å². The van der Waals surface area contributed by atoms with Crippen LogP contribution >= 0.6 is 0 Å². The Bertz CT molecular complexity index is 484. The van der Waals surface area contributed by atoms with E-state index in [-0.39, 0.29) is 30.4 Å². The molecule has 0 aliphatic heterocycles. The van der Waals surface area contributed by atoms with Crippen molar-refractivity contribution in [3.8, 4) is 0 Å². The first-order chi connectivity index (χ1) is 9.54. The van der Waals surface area contributed by atoms with E-state index in [1.54, 1.807) is 6.92 Å². The molecule has 108 valence electrons. The lowest BCUT2D eigenvalue weighted by Gasteiger charge is -2.04. The van der Waals surface area contributed by atoms with E-state index in [1.165, 1.54) is 24.3 Å². The third-order valence-corrected chi connectivity index (χ3v) is 2.50. The summed E-state index contributed by atoms with van der Waals surface area (Å²) < 4.78 is 4.72. The van der Waals surface area contributed by atoms with Crippen molar-refractivity contribution in [2.45, 2.75) is 13.3 Å². The summed E-state index contributed by atoms with van der Waals surface area (Å²) in [6.45, 7) is 2.44. The number of nitro benzene ring substituents is 1. The van der Waals surface area contributed by atoms with Gasteiger partial charge in [0.05, 0.1) is 18.1 Å². The van der Waals surface area contributed by atoms with Gasteiger partial charge in [-0.2, -0.15) is 0 Å². The monoisotopic (exact) mass is 280 g/mol. The van der Waals surface area contributed by atoms with Crippen molar-refractivity contribution in [1.82, 2.24) is 5.32 Å². The number of benzene rings is 1. The maximum absolute atomic E-state index is 11.8. The van der Waals surface area contributed by atoms with Crippen molar-refractivity contribution in [3.63, 3.8) is 0 Å². The summed E-state index contributed by atoms with van der Waals surface area (Å²) in [6.07, 6.45) is 0.206. The lowest BCUT2D eigenvalue weighted by atomic mass is 10.1. The molecule has 0 aliphatic carbocycles. The van der Waals surface area contributed by atoms with Gasteiger partial charge in [-0.05, 0) is 19.1 Å². The van der Waals surface area contributed by atoms with Gasteiger partial charge in [0.2, 0.25) is 0 Å². The number of ketones is 1. The number of nitro groups is 1. The predicted molar refractivity (Wildman–Crippen MR) is 71.5 cm³/mol. The van der Waals surface area contributed by atoms with Crippen molar-refractivity contribution >= 4 is 17.4 Å². The molecule has 0 heterocycles. The SMILES string of the molecule is CCOC(=O)CNCCC(=O)c1ccc([N+](=O)[O-])cc1. The molecule has 0 unspecified atom stereocenters. The van der Waals surface area contributed by atoms with Gasteiger partial charge in [0.25, 0.3) is 5.69 Å². The fourth-order valence-corrected chi connectivity index (χ4v) is 1.52. The zero-order valence-electron chi connectivity index (χ0n) is 11.1. The number of hydrogen-bond acceptors (Lipinski definition) is 6. The number of esters is 1. The highest BCUT2D eigenvalue weighted by Gasteiger charge is 2.09. The van der Waals surface area contributed by atoms with E-state index in [0.717, 1.165) is 0 Å². The largest absolute Gasteiger partial charge is 0.465 e. The van der Waals surface area contributed by atoms with Crippen LogP contribution in [0.2, 0.25) is 0 Å². The number of ether oxygens (including phenoxy) is 1. The first-order valence-electron chi connectivity index (χ1n) is 6.18. The molecule has 1 N–H and O–H groups in total. The summed E-state index contributed by atoms with van der Waals surface area (Å²) in [4.78, 5) is 32.8. The second-order valence-corrected chi connectivity index (χ2v) is 3.96. The average molecular weight is 280 g/mol. The molecule has 20 heavy (non-hydrogen) atoms. The van der Waals surface area contributed by atoms with Gasteiger partial charge >= 0.3 is 5.97 Å². The predicted octanol–water partition coefficient (Wildman–Crippen LogP) is 1.32. The van der Waals surface area contributed by atoms with Crippen LogP contribution in [0, 0.1) is 10.1 Å². The third kappa shape index (κ3) is 5.15. The Morgan fingerprint density at radius 1 is 1.30 bits per heavy atom. The highest BCUT2D eigenvalue weighted by molar-refractivity contribution is 5.96. The summed E-state index contributed by atoms with van der Waals surface area (Å²) >= 11 is 0. The molecule has 0 aromatic heterocycles. The third-order valence-electron chi connectivity index (χ3n) is 2.50. The Hall–Kier alpha value is -2.28. The van der Waals surface area contributed by atoms with Crippen molar-refractivity contribution < 1.29 is 19.2 Å². The molecule has 0 aliphatic rings. The maximum atomic E-state index is 11.8. The molecule has 0 saturated carbocycles. The van der Waals surface area contributed by atoms with E-state index in [1.807, 2.05) is 0 Å². The van der Waals surface area contributed by atoms with Gasteiger partial charge in [-0.25, -0.2) is 0 Å². The molecule has 0 amide bonds. The van der Waals surface area contributed by atoms with Gasteiger partial charge < -0.3 is 10.1 Å².